The fourth-order valence-corrected chi connectivity index (χ4v) is 3.49. The predicted octanol–water partition coefficient (Wildman–Crippen LogP) is 1.20. The molecule has 1 aliphatic carbocycles. The lowest BCUT2D eigenvalue weighted by Gasteiger charge is -2.44. The van der Waals surface area contributed by atoms with E-state index >= 15 is 0 Å². The molecule has 2 atom stereocenters. The molecule has 1 aliphatic heterocycles. The Kier molecular flexibility index (Phi) is 4.32. The molecule has 1 saturated carbocycles. The number of piperazine rings is 1. The maximum Gasteiger partial charge on any atom is 0.335 e. The standard InChI is InChI=1S/C17H20N2O4/c20-15-10-19(14-4-2-1-3-13(14)18-15)16(21)9-11-5-7-12(8-6-11)17(22)23/h5-8,13-14H,1-4,9-10H2,(H,18,20)(H,22,23). The summed E-state index contributed by atoms with van der Waals surface area (Å²) < 4.78 is 0. The van der Waals surface area contributed by atoms with E-state index in [2.05, 4.69) is 5.32 Å². The zero-order valence-electron chi connectivity index (χ0n) is 12.8. The number of fused-ring (bicyclic) bond motifs is 1. The molecule has 6 nitrogen and oxygen atoms in total. The quantitative estimate of drug-likeness (QED) is 0.877. The number of carboxylic acids is 1. The predicted molar refractivity (Wildman–Crippen MR) is 83.0 cm³/mol. The van der Waals surface area contributed by atoms with Crippen LogP contribution in [0.15, 0.2) is 24.3 Å². The van der Waals surface area contributed by atoms with E-state index in [1.165, 1.54) is 12.1 Å². The summed E-state index contributed by atoms with van der Waals surface area (Å²) in [5, 5.41) is 11.9. The smallest absolute Gasteiger partial charge is 0.335 e. The Morgan fingerprint density at radius 3 is 2.57 bits per heavy atom. The number of rotatable bonds is 3. The van der Waals surface area contributed by atoms with Gasteiger partial charge in [-0.15, -0.1) is 0 Å². The van der Waals surface area contributed by atoms with E-state index in [4.69, 9.17) is 5.11 Å². The highest BCUT2D eigenvalue weighted by molar-refractivity contribution is 5.89. The molecule has 3 rings (SSSR count). The molecule has 0 spiro atoms. The van der Waals surface area contributed by atoms with Crippen LogP contribution in [-0.2, 0) is 16.0 Å². The normalized spacial score (nSPS) is 23.8. The van der Waals surface area contributed by atoms with Gasteiger partial charge in [0.05, 0.1) is 24.6 Å². The van der Waals surface area contributed by atoms with Crippen molar-refractivity contribution < 1.29 is 19.5 Å². The third-order valence-electron chi connectivity index (χ3n) is 4.67. The first kappa shape index (κ1) is 15.5. The van der Waals surface area contributed by atoms with Crippen LogP contribution in [0.5, 0.6) is 0 Å². The van der Waals surface area contributed by atoms with Gasteiger partial charge in [-0.25, -0.2) is 4.79 Å². The zero-order valence-corrected chi connectivity index (χ0v) is 12.8. The molecular weight excluding hydrogens is 296 g/mol. The van der Waals surface area contributed by atoms with Crippen LogP contribution in [-0.4, -0.2) is 46.4 Å². The van der Waals surface area contributed by atoms with Crippen molar-refractivity contribution in [2.24, 2.45) is 0 Å². The van der Waals surface area contributed by atoms with Gasteiger partial charge >= 0.3 is 5.97 Å². The summed E-state index contributed by atoms with van der Waals surface area (Å²) in [6, 6.07) is 6.47. The van der Waals surface area contributed by atoms with Crippen LogP contribution in [0.25, 0.3) is 0 Å². The Bertz CT molecular complexity index is 626. The SMILES string of the molecule is O=C1CN(C(=O)Cc2ccc(C(=O)O)cc2)C2CCCCC2N1. The summed E-state index contributed by atoms with van der Waals surface area (Å²) in [6.45, 7) is 0.118. The van der Waals surface area contributed by atoms with Crippen LogP contribution in [0, 0.1) is 0 Å². The molecule has 2 amide bonds. The Hall–Kier alpha value is -2.37. The molecule has 1 aromatic carbocycles. The van der Waals surface area contributed by atoms with Crippen molar-refractivity contribution in [2.45, 2.75) is 44.2 Å². The van der Waals surface area contributed by atoms with E-state index in [1.54, 1.807) is 17.0 Å². The van der Waals surface area contributed by atoms with E-state index in [-0.39, 0.29) is 42.4 Å². The van der Waals surface area contributed by atoms with Crippen LogP contribution in [0.2, 0.25) is 0 Å². The molecule has 0 bridgehead atoms. The Morgan fingerprint density at radius 1 is 1.17 bits per heavy atom. The van der Waals surface area contributed by atoms with Crippen molar-refractivity contribution in [2.75, 3.05) is 6.54 Å². The number of nitrogens with zero attached hydrogens (tertiary/aromatic N) is 1. The molecule has 1 saturated heterocycles. The summed E-state index contributed by atoms with van der Waals surface area (Å²) in [5.74, 6) is -1.15. The second-order valence-corrected chi connectivity index (χ2v) is 6.23. The maximum absolute atomic E-state index is 12.6. The van der Waals surface area contributed by atoms with Crippen LogP contribution in [0.3, 0.4) is 0 Å². The second kappa shape index (κ2) is 6.40. The van der Waals surface area contributed by atoms with Crippen LogP contribution in [0.1, 0.15) is 41.6 Å². The fraction of sp³-hybridized carbons (Fsp3) is 0.471. The molecule has 2 unspecified atom stereocenters. The highest BCUT2D eigenvalue weighted by atomic mass is 16.4. The number of hydrogen-bond acceptors (Lipinski definition) is 3. The average Bonchev–Trinajstić information content (AvgIpc) is 2.54. The first-order valence-corrected chi connectivity index (χ1v) is 7.95. The Balaban J connectivity index is 1.70. The number of nitrogens with one attached hydrogen (secondary N) is 1. The summed E-state index contributed by atoms with van der Waals surface area (Å²) >= 11 is 0. The van der Waals surface area contributed by atoms with Crippen molar-refractivity contribution in [3.05, 3.63) is 35.4 Å². The van der Waals surface area contributed by atoms with Crippen LogP contribution >= 0.6 is 0 Å². The van der Waals surface area contributed by atoms with Gasteiger partial charge in [-0.3, -0.25) is 9.59 Å². The van der Waals surface area contributed by atoms with E-state index < -0.39 is 5.97 Å². The highest BCUT2D eigenvalue weighted by Gasteiger charge is 2.38. The van der Waals surface area contributed by atoms with Crippen molar-refractivity contribution in [3.63, 3.8) is 0 Å². The molecular formula is C17H20N2O4. The average molecular weight is 316 g/mol. The van der Waals surface area contributed by atoms with Gasteiger partial charge in [0, 0.05) is 6.04 Å². The lowest BCUT2D eigenvalue weighted by atomic mass is 9.87. The van der Waals surface area contributed by atoms with Gasteiger partial charge in [-0.1, -0.05) is 25.0 Å². The molecule has 2 aliphatic rings. The third kappa shape index (κ3) is 3.36. The van der Waals surface area contributed by atoms with Crippen molar-refractivity contribution in [1.82, 2.24) is 10.2 Å². The second-order valence-electron chi connectivity index (χ2n) is 6.23. The number of benzene rings is 1. The zero-order chi connectivity index (χ0) is 16.4. The van der Waals surface area contributed by atoms with E-state index in [9.17, 15) is 14.4 Å². The minimum Gasteiger partial charge on any atom is -0.478 e. The van der Waals surface area contributed by atoms with Crippen molar-refractivity contribution in [3.8, 4) is 0 Å². The van der Waals surface area contributed by atoms with E-state index in [0.717, 1.165) is 31.2 Å². The highest BCUT2D eigenvalue weighted by Crippen LogP contribution is 2.26. The van der Waals surface area contributed by atoms with Crippen molar-refractivity contribution in [1.29, 1.82) is 0 Å². The number of carbonyl (C=O) groups is 3. The summed E-state index contributed by atoms with van der Waals surface area (Å²) in [5.41, 5.74) is 0.962. The molecule has 122 valence electrons. The van der Waals surface area contributed by atoms with Gasteiger partial charge in [-0.2, -0.15) is 0 Å². The maximum atomic E-state index is 12.6. The number of hydrogen-bond donors (Lipinski definition) is 2. The monoisotopic (exact) mass is 316 g/mol. The lowest BCUT2D eigenvalue weighted by Crippen LogP contribution is -2.63. The molecule has 6 heteroatoms. The largest absolute Gasteiger partial charge is 0.478 e. The molecule has 1 aromatic rings. The molecule has 0 radical (unpaired) electrons. The van der Waals surface area contributed by atoms with Gasteiger partial charge < -0.3 is 15.3 Å². The van der Waals surface area contributed by atoms with Gasteiger partial charge in [0.25, 0.3) is 0 Å². The minimum atomic E-state index is -0.986. The van der Waals surface area contributed by atoms with Crippen LogP contribution in [0.4, 0.5) is 0 Å². The Morgan fingerprint density at radius 2 is 1.87 bits per heavy atom. The molecule has 2 fully saturated rings. The van der Waals surface area contributed by atoms with Gasteiger partial charge in [-0.05, 0) is 30.5 Å². The number of carboxylic acid groups (broad SMARTS) is 1. The van der Waals surface area contributed by atoms with Gasteiger partial charge in [0.1, 0.15) is 0 Å². The number of amides is 2. The lowest BCUT2D eigenvalue weighted by molar-refractivity contribution is -0.143. The summed E-state index contributed by atoms with van der Waals surface area (Å²) in [6.07, 6.45) is 4.20. The van der Waals surface area contributed by atoms with Crippen LogP contribution < -0.4 is 5.32 Å². The fourth-order valence-electron chi connectivity index (χ4n) is 3.49. The first-order valence-electron chi connectivity index (χ1n) is 7.95. The van der Waals surface area contributed by atoms with Crippen molar-refractivity contribution >= 4 is 17.8 Å². The first-order chi connectivity index (χ1) is 11.0. The topological polar surface area (TPSA) is 86.7 Å². The summed E-state index contributed by atoms with van der Waals surface area (Å²) in [4.78, 5) is 37.0. The molecule has 23 heavy (non-hydrogen) atoms. The number of aromatic carboxylic acids is 1. The van der Waals surface area contributed by atoms with E-state index in [1.807, 2.05) is 0 Å². The minimum absolute atomic E-state index is 0.0696. The molecule has 1 heterocycles. The van der Waals surface area contributed by atoms with Gasteiger partial charge in [0.2, 0.25) is 11.8 Å². The van der Waals surface area contributed by atoms with E-state index in [0.29, 0.717) is 0 Å². The third-order valence-corrected chi connectivity index (χ3v) is 4.67. The number of carbonyl (C=O) groups excluding carboxylic acids is 2. The molecule has 0 aromatic heterocycles. The molecule has 2 N–H and O–H groups in total. The Labute approximate surface area is 134 Å². The van der Waals surface area contributed by atoms with Gasteiger partial charge in [0.15, 0.2) is 0 Å². The summed E-state index contributed by atoms with van der Waals surface area (Å²) in [7, 11) is 0.